The van der Waals surface area contributed by atoms with E-state index in [-0.39, 0.29) is 17.0 Å². The van der Waals surface area contributed by atoms with E-state index in [1.165, 1.54) is 6.20 Å². The van der Waals surface area contributed by atoms with Gasteiger partial charge in [-0.05, 0) is 31.4 Å². The molecule has 0 unspecified atom stereocenters. The minimum absolute atomic E-state index is 0.145. The first-order valence-corrected chi connectivity index (χ1v) is 5.99. The van der Waals surface area contributed by atoms with Gasteiger partial charge in [0.1, 0.15) is 5.56 Å². The van der Waals surface area contributed by atoms with Gasteiger partial charge in [0, 0.05) is 17.6 Å². The number of para-hydroxylation sites is 1. The van der Waals surface area contributed by atoms with Gasteiger partial charge in [-0.25, -0.2) is 4.79 Å². The predicted octanol–water partition coefficient (Wildman–Crippen LogP) is 2.21. The molecule has 3 rings (SSSR count). The fourth-order valence-corrected chi connectivity index (χ4v) is 2.69. The first-order valence-electron chi connectivity index (χ1n) is 5.99. The molecule has 1 atom stereocenters. The highest BCUT2D eigenvalue weighted by atomic mass is 16.4. The Morgan fingerprint density at radius 1 is 1.44 bits per heavy atom. The van der Waals surface area contributed by atoms with Crippen molar-refractivity contribution in [3.63, 3.8) is 0 Å². The Balaban J connectivity index is 2.52. The van der Waals surface area contributed by atoms with Crippen LogP contribution in [0.5, 0.6) is 0 Å². The summed E-state index contributed by atoms with van der Waals surface area (Å²) >= 11 is 0. The van der Waals surface area contributed by atoms with E-state index in [4.69, 9.17) is 5.11 Å². The summed E-state index contributed by atoms with van der Waals surface area (Å²) in [6, 6.07) is 5.76. The molecule has 1 aliphatic heterocycles. The molecule has 0 amide bonds. The van der Waals surface area contributed by atoms with Crippen molar-refractivity contribution >= 4 is 16.9 Å². The lowest BCUT2D eigenvalue weighted by atomic mass is 9.96. The highest BCUT2D eigenvalue weighted by Gasteiger charge is 2.21. The predicted molar refractivity (Wildman–Crippen MR) is 68.2 cm³/mol. The molecule has 1 aliphatic rings. The lowest BCUT2D eigenvalue weighted by molar-refractivity contribution is 0.0694. The SMILES string of the molecule is C[C@H]1CCc2cccc3c(=O)c(C(=O)O)cn1c23. The Morgan fingerprint density at radius 3 is 2.94 bits per heavy atom. The third-order valence-corrected chi connectivity index (χ3v) is 3.67. The number of carboxylic acid groups (broad SMARTS) is 1. The largest absolute Gasteiger partial charge is 0.477 e. The third-order valence-electron chi connectivity index (χ3n) is 3.67. The third kappa shape index (κ3) is 1.38. The number of rotatable bonds is 1. The van der Waals surface area contributed by atoms with Crippen LogP contribution in [0, 0.1) is 0 Å². The molecule has 0 fully saturated rings. The summed E-state index contributed by atoms with van der Waals surface area (Å²) in [6.45, 7) is 2.05. The Kier molecular flexibility index (Phi) is 2.26. The zero-order chi connectivity index (χ0) is 12.9. The van der Waals surface area contributed by atoms with Crippen molar-refractivity contribution in [2.24, 2.45) is 0 Å². The summed E-state index contributed by atoms with van der Waals surface area (Å²) in [4.78, 5) is 23.3. The molecule has 0 saturated heterocycles. The molecular weight excluding hydrogens is 230 g/mol. The van der Waals surface area contributed by atoms with Crippen molar-refractivity contribution in [2.75, 3.05) is 0 Å². The number of benzene rings is 1. The zero-order valence-corrected chi connectivity index (χ0v) is 10.0. The fourth-order valence-electron chi connectivity index (χ4n) is 2.69. The number of aromatic nitrogens is 1. The van der Waals surface area contributed by atoms with E-state index < -0.39 is 5.97 Å². The maximum Gasteiger partial charge on any atom is 0.341 e. The van der Waals surface area contributed by atoms with Gasteiger partial charge in [-0.3, -0.25) is 4.79 Å². The van der Waals surface area contributed by atoms with Gasteiger partial charge in [-0.15, -0.1) is 0 Å². The maximum atomic E-state index is 12.1. The standard InChI is InChI=1S/C14H13NO3/c1-8-5-6-9-3-2-4-10-12(9)15(8)7-11(13(10)16)14(17)18/h2-4,7-8H,5-6H2,1H3,(H,17,18)/t8-/m0/s1. The van der Waals surface area contributed by atoms with Crippen LogP contribution < -0.4 is 5.43 Å². The summed E-state index contributed by atoms with van der Waals surface area (Å²) < 4.78 is 1.93. The van der Waals surface area contributed by atoms with Crippen molar-refractivity contribution in [1.82, 2.24) is 4.57 Å². The summed E-state index contributed by atoms with van der Waals surface area (Å²) in [5.74, 6) is -1.16. The van der Waals surface area contributed by atoms with Gasteiger partial charge in [0.15, 0.2) is 0 Å². The van der Waals surface area contributed by atoms with Gasteiger partial charge in [-0.1, -0.05) is 12.1 Å². The number of hydrogen-bond acceptors (Lipinski definition) is 2. The Hall–Kier alpha value is -2.10. The second kappa shape index (κ2) is 3.70. The lowest BCUT2D eigenvalue weighted by Crippen LogP contribution is -2.23. The molecule has 1 aromatic heterocycles. The summed E-state index contributed by atoms with van der Waals surface area (Å²) in [6.07, 6.45) is 3.39. The molecule has 2 aromatic rings. The van der Waals surface area contributed by atoms with Crippen molar-refractivity contribution < 1.29 is 9.90 Å². The molecule has 2 heterocycles. The van der Waals surface area contributed by atoms with Gasteiger partial charge < -0.3 is 9.67 Å². The molecule has 1 aromatic carbocycles. The summed E-state index contributed by atoms with van der Waals surface area (Å²) in [7, 11) is 0. The van der Waals surface area contributed by atoms with E-state index in [1.807, 2.05) is 23.6 Å². The Bertz CT molecular complexity index is 715. The number of nitrogens with zero attached hydrogens (tertiary/aromatic N) is 1. The minimum Gasteiger partial charge on any atom is -0.477 e. The molecule has 4 heteroatoms. The van der Waals surface area contributed by atoms with Gasteiger partial charge >= 0.3 is 5.97 Å². The Morgan fingerprint density at radius 2 is 2.22 bits per heavy atom. The molecular formula is C14H13NO3. The topological polar surface area (TPSA) is 59.3 Å². The van der Waals surface area contributed by atoms with Crippen molar-refractivity contribution in [3.8, 4) is 0 Å². The highest BCUT2D eigenvalue weighted by molar-refractivity contribution is 5.93. The van der Waals surface area contributed by atoms with Crippen LogP contribution in [0.2, 0.25) is 0 Å². The van der Waals surface area contributed by atoms with E-state index in [2.05, 4.69) is 0 Å². The van der Waals surface area contributed by atoms with E-state index >= 15 is 0 Å². The highest BCUT2D eigenvalue weighted by Crippen LogP contribution is 2.29. The number of carboxylic acids is 1. The van der Waals surface area contributed by atoms with Crippen LogP contribution in [-0.2, 0) is 6.42 Å². The van der Waals surface area contributed by atoms with Gasteiger partial charge in [-0.2, -0.15) is 0 Å². The zero-order valence-electron chi connectivity index (χ0n) is 10.0. The molecule has 0 saturated carbocycles. The smallest absolute Gasteiger partial charge is 0.341 e. The van der Waals surface area contributed by atoms with E-state index in [9.17, 15) is 9.59 Å². The minimum atomic E-state index is -1.16. The fraction of sp³-hybridized carbons (Fsp3) is 0.286. The van der Waals surface area contributed by atoms with Gasteiger partial charge in [0.2, 0.25) is 5.43 Å². The van der Waals surface area contributed by atoms with Gasteiger partial charge in [0.25, 0.3) is 0 Å². The average Bonchev–Trinajstić information content (AvgIpc) is 2.35. The first-order chi connectivity index (χ1) is 8.59. The quantitative estimate of drug-likeness (QED) is 0.835. The average molecular weight is 243 g/mol. The molecule has 0 spiro atoms. The lowest BCUT2D eigenvalue weighted by Gasteiger charge is -2.26. The number of hydrogen-bond donors (Lipinski definition) is 1. The summed E-state index contributed by atoms with van der Waals surface area (Å²) in [5, 5.41) is 9.62. The normalized spacial score (nSPS) is 17.9. The Labute approximate surface area is 103 Å². The monoisotopic (exact) mass is 243 g/mol. The molecule has 0 radical (unpaired) electrons. The van der Waals surface area contributed by atoms with E-state index in [0.717, 1.165) is 23.9 Å². The second-order valence-electron chi connectivity index (χ2n) is 4.79. The molecule has 92 valence electrons. The molecule has 0 aliphatic carbocycles. The van der Waals surface area contributed by atoms with Crippen LogP contribution >= 0.6 is 0 Å². The van der Waals surface area contributed by atoms with Crippen LogP contribution in [0.25, 0.3) is 10.9 Å². The number of carbonyl (C=O) groups is 1. The van der Waals surface area contributed by atoms with Crippen LogP contribution in [-0.4, -0.2) is 15.6 Å². The molecule has 0 bridgehead atoms. The molecule has 4 nitrogen and oxygen atoms in total. The number of aryl methyl sites for hydroxylation is 1. The van der Waals surface area contributed by atoms with Gasteiger partial charge in [0.05, 0.1) is 5.52 Å². The second-order valence-corrected chi connectivity index (χ2v) is 4.79. The van der Waals surface area contributed by atoms with Crippen LogP contribution in [0.4, 0.5) is 0 Å². The van der Waals surface area contributed by atoms with Crippen LogP contribution in [0.3, 0.4) is 0 Å². The molecule has 18 heavy (non-hydrogen) atoms. The van der Waals surface area contributed by atoms with Crippen molar-refractivity contribution in [3.05, 3.63) is 45.7 Å². The summed E-state index contributed by atoms with van der Waals surface area (Å²) in [5.41, 5.74) is 1.49. The van der Waals surface area contributed by atoms with Crippen molar-refractivity contribution in [2.45, 2.75) is 25.8 Å². The molecule has 1 N–H and O–H groups in total. The number of aromatic carboxylic acids is 1. The van der Waals surface area contributed by atoms with Crippen LogP contribution in [0.15, 0.2) is 29.2 Å². The van der Waals surface area contributed by atoms with E-state index in [1.54, 1.807) is 6.07 Å². The maximum absolute atomic E-state index is 12.1. The number of pyridine rings is 1. The van der Waals surface area contributed by atoms with Crippen molar-refractivity contribution in [1.29, 1.82) is 0 Å². The van der Waals surface area contributed by atoms with Crippen LogP contribution in [0.1, 0.15) is 35.3 Å². The van der Waals surface area contributed by atoms with E-state index in [0.29, 0.717) is 5.39 Å². The first kappa shape index (κ1) is 11.0.